The fraction of sp³-hybridized carbons (Fsp3) is 0.462. The number of ether oxygens (including phenoxy) is 1. The van der Waals surface area contributed by atoms with Crippen LogP contribution in [0, 0.1) is 0 Å². The summed E-state index contributed by atoms with van der Waals surface area (Å²) in [4.78, 5) is 21.7. The number of oxazole rings is 1. The van der Waals surface area contributed by atoms with Crippen LogP contribution in [-0.2, 0) is 16.8 Å². The van der Waals surface area contributed by atoms with E-state index in [0.717, 1.165) is 54.2 Å². The van der Waals surface area contributed by atoms with E-state index in [2.05, 4.69) is 42.8 Å². The molecule has 1 unspecified atom stereocenters. The molecule has 0 bridgehead atoms. The summed E-state index contributed by atoms with van der Waals surface area (Å²) in [6, 6.07) is 14.1. The number of nitrogens with zero attached hydrogens (tertiary/aromatic N) is 3. The quantitative estimate of drug-likeness (QED) is 0.585. The van der Waals surface area contributed by atoms with Crippen LogP contribution in [0.15, 0.2) is 53.1 Å². The lowest BCUT2D eigenvalue weighted by molar-refractivity contribution is -0.137. The van der Waals surface area contributed by atoms with Gasteiger partial charge in [-0.05, 0) is 36.2 Å². The first kappa shape index (κ1) is 22.3. The number of amides is 1. The van der Waals surface area contributed by atoms with Gasteiger partial charge < -0.3 is 14.1 Å². The van der Waals surface area contributed by atoms with Gasteiger partial charge in [0.2, 0.25) is 5.89 Å². The number of aromatic nitrogens is 1. The summed E-state index contributed by atoms with van der Waals surface area (Å²) in [6.07, 6.45) is 2.22. The number of hydrogen-bond donors (Lipinski definition) is 0. The van der Waals surface area contributed by atoms with Crippen molar-refractivity contribution < 1.29 is 13.9 Å². The molecule has 1 fully saturated rings. The predicted octanol–water partition coefficient (Wildman–Crippen LogP) is 4.63. The molecule has 2 heterocycles. The highest BCUT2D eigenvalue weighted by atomic mass is 16.5. The summed E-state index contributed by atoms with van der Waals surface area (Å²) < 4.78 is 12.0. The molecule has 170 valence electrons. The zero-order valence-electron chi connectivity index (χ0n) is 19.5. The number of fused-ring (bicyclic) bond motifs is 1. The first-order valence-electron chi connectivity index (χ1n) is 11.4. The molecule has 3 aromatic rings. The number of carbonyl (C=O) groups excluding carboxylic acids is 1. The Morgan fingerprint density at radius 2 is 1.88 bits per heavy atom. The van der Waals surface area contributed by atoms with E-state index in [4.69, 9.17) is 9.15 Å². The highest BCUT2D eigenvalue weighted by Gasteiger charge is 2.26. The molecule has 32 heavy (non-hydrogen) atoms. The minimum absolute atomic E-state index is 0.0335. The van der Waals surface area contributed by atoms with E-state index in [0.29, 0.717) is 13.1 Å². The van der Waals surface area contributed by atoms with Crippen molar-refractivity contribution in [1.82, 2.24) is 14.8 Å². The van der Waals surface area contributed by atoms with Gasteiger partial charge in [-0.1, -0.05) is 51.1 Å². The Labute approximate surface area is 190 Å². The van der Waals surface area contributed by atoms with Crippen LogP contribution >= 0.6 is 0 Å². The van der Waals surface area contributed by atoms with Crippen LogP contribution in [0.5, 0.6) is 5.75 Å². The molecule has 0 radical (unpaired) electrons. The second-order valence-corrected chi connectivity index (χ2v) is 9.59. The summed E-state index contributed by atoms with van der Waals surface area (Å²) in [5.41, 5.74) is -0.0472. The predicted molar refractivity (Wildman–Crippen MR) is 126 cm³/mol. The van der Waals surface area contributed by atoms with Gasteiger partial charge in [-0.25, -0.2) is 4.98 Å². The first-order valence-corrected chi connectivity index (χ1v) is 11.4. The fourth-order valence-electron chi connectivity index (χ4n) is 4.02. The van der Waals surface area contributed by atoms with Crippen molar-refractivity contribution in [2.24, 2.45) is 0 Å². The van der Waals surface area contributed by atoms with Gasteiger partial charge in [-0.2, -0.15) is 0 Å². The lowest BCUT2D eigenvalue weighted by Crippen LogP contribution is -2.42. The van der Waals surface area contributed by atoms with Gasteiger partial charge in [-0.3, -0.25) is 9.69 Å². The molecule has 1 saturated heterocycles. The van der Waals surface area contributed by atoms with Crippen molar-refractivity contribution in [3.63, 3.8) is 0 Å². The van der Waals surface area contributed by atoms with E-state index < -0.39 is 6.10 Å². The molecular formula is C26H33N3O3. The minimum atomic E-state index is -0.524. The number of rotatable bonds is 5. The van der Waals surface area contributed by atoms with Gasteiger partial charge in [0.25, 0.3) is 5.91 Å². The normalized spacial score (nSPS) is 16.7. The molecule has 1 atom stereocenters. The van der Waals surface area contributed by atoms with Crippen LogP contribution in [0.25, 0.3) is 10.8 Å². The van der Waals surface area contributed by atoms with Crippen LogP contribution < -0.4 is 4.74 Å². The Morgan fingerprint density at radius 3 is 2.62 bits per heavy atom. The second kappa shape index (κ2) is 9.33. The Bertz CT molecular complexity index is 1070. The smallest absolute Gasteiger partial charge is 0.263 e. The van der Waals surface area contributed by atoms with E-state index >= 15 is 0 Å². The SMILES string of the molecule is CC(Oc1ccc2ccccc2c1)C(=O)N1CCCN(Cc2ncc(C(C)(C)C)o2)CC1. The molecule has 1 amide bonds. The molecule has 2 aromatic carbocycles. The fourth-order valence-corrected chi connectivity index (χ4v) is 4.02. The first-order chi connectivity index (χ1) is 15.3. The van der Waals surface area contributed by atoms with Gasteiger partial charge >= 0.3 is 0 Å². The summed E-state index contributed by atoms with van der Waals surface area (Å²) in [5, 5.41) is 2.27. The second-order valence-electron chi connectivity index (χ2n) is 9.59. The van der Waals surface area contributed by atoms with Gasteiger partial charge in [0, 0.05) is 31.6 Å². The van der Waals surface area contributed by atoms with E-state index in [1.54, 1.807) is 0 Å². The van der Waals surface area contributed by atoms with E-state index in [1.165, 1.54) is 0 Å². The van der Waals surface area contributed by atoms with Crippen molar-refractivity contribution in [3.8, 4) is 5.75 Å². The van der Waals surface area contributed by atoms with Gasteiger partial charge in [0.05, 0.1) is 12.7 Å². The van der Waals surface area contributed by atoms with Crippen LogP contribution in [0.1, 0.15) is 45.8 Å². The van der Waals surface area contributed by atoms with Crippen LogP contribution in [0.4, 0.5) is 0 Å². The monoisotopic (exact) mass is 435 g/mol. The Hall–Kier alpha value is -2.86. The third-order valence-electron chi connectivity index (χ3n) is 5.93. The average Bonchev–Trinajstić information content (AvgIpc) is 3.12. The van der Waals surface area contributed by atoms with Crippen molar-refractivity contribution in [1.29, 1.82) is 0 Å². The zero-order chi connectivity index (χ0) is 22.7. The molecule has 6 nitrogen and oxygen atoms in total. The molecule has 4 rings (SSSR count). The van der Waals surface area contributed by atoms with Crippen LogP contribution in [-0.4, -0.2) is 53.0 Å². The molecule has 6 heteroatoms. The molecule has 0 spiro atoms. The van der Waals surface area contributed by atoms with Crippen molar-refractivity contribution in [2.75, 3.05) is 26.2 Å². The molecular weight excluding hydrogens is 402 g/mol. The largest absolute Gasteiger partial charge is 0.481 e. The third kappa shape index (κ3) is 5.30. The topological polar surface area (TPSA) is 58.8 Å². The third-order valence-corrected chi connectivity index (χ3v) is 5.93. The number of hydrogen-bond acceptors (Lipinski definition) is 5. The average molecular weight is 436 g/mol. The summed E-state index contributed by atoms with van der Waals surface area (Å²) in [6.45, 7) is 12.0. The van der Waals surface area contributed by atoms with E-state index in [9.17, 15) is 4.79 Å². The van der Waals surface area contributed by atoms with E-state index in [-0.39, 0.29) is 11.3 Å². The number of carbonyl (C=O) groups is 1. The maximum absolute atomic E-state index is 13.0. The molecule has 1 aliphatic heterocycles. The standard InChI is InChI=1S/C26H33N3O3/c1-19(31-22-11-10-20-8-5-6-9-21(20)16-22)25(30)29-13-7-12-28(14-15-29)18-24-27-17-23(32-24)26(2,3)4/h5-6,8-11,16-17,19H,7,12-15,18H2,1-4H3. The van der Waals surface area contributed by atoms with Gasteiger partial charge in [-0.15, -0.1) is 0 Å². The number of benzene rings is 2. The highest BCUT2D eigenvalue weighted by Crippen LogP contribution is 2.24. The molecule has 0 saturated carbocycles. The van der Waals surface area contributed by atoms with Crippen molar-refractivity contribution in [3.05, 3.63) is 60.3 Å². The summed E-state index contributed by atoms with van der Waals surface area (Å²) >= 11 is 0. The lowest BCUT2D eigenvalue weighted by Gasteiger charge is -2.25. The summed E-state index contributed by atoms with van der Waals surface area (Å²) in [7, 11) is 0. The van der Waals surface area contributed by atoms with Crippen LogP contribution in [0.2, 0.25) is 0 Å². The molecule has 0 N–H and O–H groups in total. The highest BCUT2D eigenvalue weighted by molar-refractivity contribution is 5.84. The Balaban J connectivity index is 1.32. The van der Waals surface area contributed by atoms with Crippen molar-refractivity contribution >= 4 is 16.7 Å². The summed E-state index contributed by atoms with van der Waals surface area (Å²) in [5.74, 6) is 2.40. The van der Waals surface area contributed by atoms with Crippen LogP contribution in [0.3, 0.4) is 0 Å². The van der Waals surface area contributed by atoms with Gasteiger partial charge in [0.15, 0.2) is 6.10 Å². The zero-order valence-corrected chi connectivity index (χ0v) is 19.5. The minimum Gasteiger partial charge on any atom is -0.481 e. The van der Waals surface area contributed by atoms with Crippen molar-refractivity contribution in [2.45, 2.75) is 52.2 Å². The van der Waals surface area contributed by atoms with Gasteiger partial charge in [0.1, 0.15) is 11.5 Å². The maximum atomic E-state index is 13.0. The maximum Gasteiger partial charge on any atom is 0.263 e. The molecule has 1 aromatic heterocycles. The Kier molecular flexibility index (Phi) is 6.51. The lowest BCUT2D eigenvalue weighted by atomic mass is 9.94. The Morgan fingerprint density at radius 1 is 1.09 bits per heavy atom. The van der Waals surface area contributed by atoms with E-state index in [1.807, 2.05) is 48.4 Å². The molecule has 0 aliphatic carbocycles. The molecule has 1 aliphatic rings.